The number of rotatable bonds is 6. The molecule has 0 radical (unpaired) electrons. The van der Waals surface area contributed by atoms with Gasteiger partial charge in [0, 0.05) is 17.4 Å². The summed E-state index contributed by atoms with van der Waals surface area (Å²) in [6.07, 6.45) is 1.91. The smallest absolute Gasteiger partial charge is 0.267 e. The van der Waals surface area contributed by atoms with E-state index < -0.39 is 17.4 Å². The molecule has 0 saturated heterocycles. The first-order valence-electron chi connectivity index (χ1n) is 9.25. The number of carbonyl (C=O) groups excluding carboxylic acids is 2. The highest BCUT2D eigenvalue weighted by molar-refractivity contribution is 5.94. The van der Waals surface area contributed by atoms with Gasteiger partial charge in [0.15, 0.2) is 0 Å². The molecule has 3 aromatic rings. The minimum absolute atomic E-state index is 0.261. The Morgan fingerprint density at radius 1 is 1.10 bits per heavy atom. The van der Waals surface area contributed by atoms with Gasteiger partial charge in [-0.05, 0) is 24.5 Å². The Kier molecular flexibility index (Phi) is 5.87. The zero-order chi connectivity index (χ0) is 21.0. The van der Waals surface area contributed by atoms with E-state index in [9.17, 15) is 14.4 Å². The second kappa shape index (κ2) is 8.52. The molecule has 7 nitrogen and oxygen atoms in total. The van der Waals surface area contributed by atoms with E-state index in [1.54, 1.807) is 24.3 Å². The fourth-order valence-corrected chi connectivity index (χ4v) is 3.15. The summed E-state index contributed by atoms with van der Waals surface area (Å²) in [6, 6.07) is 14.8. The van der Waals surface area contributed by atoms with Crippen LogP contribution in [0.5, 0.6) is 0 Å². The Morgan fingerprint density at radius 3 is 2.48 bits per heavy atom. The predicted molar refractivity (Wildman–Crippen MR) is 112 cm³/mol. The number of amides is 2. The van der Waals surface area contributed by atoms with Gasteiger partial charge >= 0.3 is 0 Å². The van der Waals surface area contributed by atoms with Gasteiger partial charge < -0.3 is 11.1 Å². The Balaban J connectivity index is 2.02. The number of hydrogen-bond acceptors (Lipinski definition) is 4. The molecule has 3 rings (SSSR count). The van der Waals surface area contributed by atoms with Crippen LogP contribution in [0.15, 0.2) is 59.5 Å². The Hall–Kier alpha value is -3.74. The molecule has 0 unspecified atom stereocenters. The second-order valence-electron chi connectivity index (χ2n) is 6.63. The molecular formula is C22H22N4O3. The molecule has 0 bridgehead atoms. The maximum Gasteiger partial charge on any atom is 0.267 e. The zero-order valence-electron chi connectivity index (χ0n) is 16.3. The predicted octanol–water partition coefficient (Wildman–Crippen LogP) is 2.52. The molecule has 2 aromatic carbocycles. The molecule has 3 N–H and O–H groups in total. The van der Waals surface area contributed by atoms with Crippen LogP contribution in [0.2, 0.25) is 0 Å². The molecule has 0 spiro atoms. The molecule has 2 amide bonds. The number of nitrogens with two attached hydrogens (primary N) is 1. The number of nitrogens with zero attached hydrogens (tertiary/aromatic N) is 2. The van der Waals surface area contributed by atoms with Gasteiger partial charge in [0.25, 0.3) is 11.5 Å². The minimum atomic E-state index is -0.886. The van der Waals surface area contributed by atoms with E-state index in [0.29, 0.717) is 5.56 Å². The molecule has 7 heteroatoms. The molecule has 0 fully saturated rings. The van der Waals surface area contributed by atoms with Crippen molar-refractivity contribution in [2.24, 2.45) is 5.73 Å². The number of hydrogen-bond donors (Lipinski definition) is 2. The van der Waals surface area contributed by atoms with Crippen molar-refractivity contribution in [3.8, 4) is 11.4 Å². The van der Waals surface area contributed by atoms with Crippen LogP contribution in [-0.2, 0) is 17.8 Å². The molecule has 0 aliphatic carbocycles. The highest BCUT2D eigenvalue weighted by Crippen LogP contribution is 2.21. The van der Waals surface area contributed by atoms with Crippen LogP contribution < -0.4 is 16.6 Å². The molecule has 29 heavy (non-hydrogen) atoms. The van der Waals surface area contributed by atoms with Crippen molar-refractivity contribution in [2.45, 2.75) is 26.8 Å². The number of nitrogens with one attached hydrogen (secondary N) is 1. The van der Waals surface area contributed by atoms with Gasteiger partial charge in [0.2, 0.25) is 5.91 Å². The Morgan fingerprint density at radius 2 is 1.83 bits per heavy atom. The zero-order valence-corrected chi connectivity index (χ0v) is 16.3. The van der Waals surface area contributed by atoms with Crippen molar-refractivity contribution < 1.29 is 9.59 Å². The molecule has 148 valence electrons. The first kappa shape index (κ1) is 20.0. The van der Waals surface area contributed by atoms with E-state index in [1.807, 2.05) is 38.1 Å². The lowest BCUT2D eigenvalue weighted by Gasteiger charge is -2.16. The van der Waals surface area contributed by atoms with E-state index in [2.05, 4.69) is 10.3 Å². The molecule has 0 aliphatic rings. The van der Waals surface area contributed by atoms with Crippen molar-refractivity contribution in [2.75, 3.05) is 5.32 Å². The topological polar surface area (TPSA) is 107 Å². The number of aryl methyl sites for hydroxylation is 2. The monoisotopic (exact) mass is 390 g/mol. The maximum atomic E-state index is 12.8. The van der Waals surface area contributed by atoms with Gasteiger partial charge in [-0.2, -0.15) is 0 Å². The average molecular weight is 390 g/mol. The van der Waals surface area contributed by atoms with Crippen LogP contribution in [-0.4, -0.2) is 21.4 Å². The standard InChI is InChI=1S/C22H22N4O3/c1-3-15-11-7-8-14(2)19(15)25-18(27)13-26-21(16-9-5-4-6-10-16)24-12-17(20(23)28)22(26)29/h4-12H,3,13H2,1-2H3,(H2,23,28)(H,25,27). The average Bonchev–Trinajstić information content (AvgIpc) is 2.71. The van der Waals surface area contributed by atoms with Crippen molar-refractivity contribution in [3.63, 3.8) is 0 Å². The third-order valence-electron chi connectivity index (χ3n) is 4.65. The van der Waals surface area contributed by atoms with Crippen LogP contribution >= 0.6 is 0 Å². The summed E-state index contributed by atoms with van der Waals surface area (Å²) < 4.78 is 1.18. The lowest BCUT2D eigenvalue weighted by molar-refractivity contribution is -0.116. The number of primary amides is 1. The quantitative estimate of drug-likeness (QED) is 0.674. The Bertz CT molecular complexity index is 1120. The largest absolute Gasteiger partial charge is 0.365 e. The highest BCUT2D eigenvalue weighted by Gasteiger charge is 2.18. The first-order chi connectivity index (χ1) is 13.9. The van der Waals surface area contributed by atoms with E-state index in [-0.39, 0.29) is 17.9 Å². The highest BCUT2D eigenvalue weighted by atomic mass is 16.2. The van der Waals surface area contributed by atoms with Crippen molar-refractivity contribution in [3.05, 3.63) is 81.8 Å². The summed E-state index contributed by atoms with van der Waals surface area (Å²) in [7, 11) is 0. The van der Waals surface area contributed by atoms with Crippen molar-refractivity contribution >= 4 is 17.5 Å². The summed E-state index contributed by atoms with van der Waals surface area (Å²) in [6.45, 7) is 3.61. The summed E-state index contributed by atoms with van der Waals surface area (Å²) >= 11 is 0. The van der Waals surface area contributed by atoms with Gasteiger partial charge in [0.05, 0.1) is 0 Å². The normalized spacial score (nSPS) is 10.6. The fraction of sp³-hybridized carbons (Fsp3) is 0.182. The van der Waals surface area contributed by atoms with Crippen LogP contribution in [0.3, 0.4) is 0 Å². The molecular weight excluding hydrogens is 368 g/mol. The number of para-hydroxylation sites is 1. The molecule has 0 aliphatic heterocycles. The molecule has 1 aromatic heterocycles. The van der Waals surface area contributed by atoms with E-state index in [0.717, 1.165) is 29.4 Å². The van der Waals surface area contributed by atoms with Crippen molar-refractivity contribution in [1.29, 1.82) is 0 Å². The first-order valence-corrected chi connectivity index (χ1v) is 9.25. The van der Waals surface area contributed by atoms with Crippen molar-refractivity contribution in [1.82, 2.24) is 9.55 Å². The van der Waals surface area contributed by atoms with Gasteiger partial charge in [-0.1, -0.05) is 55.5 Å². The van der Waals surface area contributed by atoms with Crippen LogP contribution in [0.1, 0.15) is 28.4 Å². The van der Waals surface area contributed by atoms with Gasteiger partial charge in [0.1, 0.15) is 17.9 Å². The van der Waals surface area contributed by atoms with E-state index in [1.165, 1.54) is 4.57 Å². The van der Waals surface area contributed by atoms with Crippen LogP contribution in [0.25, 0.3) is 11.4 Å². The lowest BCUT2D eigenvalue weighted by atomic mass is 10.1. The van der Waals surface area contributed by atoms with Gasteiger partial charge in [-0.15, -0.1) is 0 Å². The van der Waals surface area contributed by atoms with Crippen LogP contribution in [0.4, 0.5) is 5.69 Å². The number of anilines is 1. The third kappa shape index (κ3) is 4.24. The van der Waals surface area contributed by atoms with E-state index in [4.69, 9.17) is 5.73 Å². The second-order valence-corrected chi connectivity index (χ2v) is 6.63. The minimum Gasteiger partial charge on any atom is -0.365 e. The summed E-state index contributed by atoms with van der Waals surface area (Å²) in [5.41, 5.74) is 7.69. The third-order valence-corrected chi connectivity index (χ3v) is 4.65. The van der Waals surface area contributed by atoms with Gasteiger partial charge in [-0.25, -0.2) is 4.98 Å². The van der Waals surface area contributed by atoms with Gasteiger partial charge in [-0.3, -0.25) is 19.0 Å². The van der Waals surface area contributed by atoms with Crippen LogP contribution in [0, 0.1) is 6.92 Å². The summed E-state index contributed by atoms with van der Waals surface area (Å²) in [5, 5.41) is 2.89. The maximum absolute atomic E-state index is 12.8. The molecule has 1 heterocycles. The number of benzene rings is 2. The number of carbonyl (C=O) groups is 2. The molecule has 0 atom stereocenters. The number of aromatic nitrogens is 2. The fourth-order valence-electron chi connectivity index (χ4n) is 3.15. The lowest BCUT2D eigenvalue weighted by Crippen LogP contribution is -2.34. The Labute approximate surface area is 168 Å². The van der Waals surface area contributed by atoms with E-state index >= 15 is 0 Å². The summed E-state index contributed by atoms with van der Waals surface area (Å²) in [5.74, 6) is -0.989. The SMILES string of the molecule is CCc1cccc(C)c1NC(=O)Cn1c(-c2ccccc2)ncc(C(N)=O)c1=O. The molecule has 0 saturated carbocycles. The summed E-state index contributed by atoms with van der Waals surface area (Å²) in [4.78, 5) is 41.4.